The van der Waals surface area contributed by atoms with Gasteiger partial charge in [0.15, 0.2) is 6.23 Å². The number of benzene rings is 1. The van der Waals surface area contributed by atoms with Crippen LogP contribution >= 0.6 is 0 Å². The normalized spacial score (nSPS) is 17.8. The number of hydrogen-bond acceptors (Lipinski definition) is 4. The van der Waals surface area contributed by atoms with Crippen molar-refractivity contribution in [3.8, 4) is 0 Å². The lowest BCUT2D eigenvalue weighted by atomic mass is 10.0. The van der Waals surface area contributed by atoms with Crippen LogP contribution in [0.15, 0.2) is 24.3 Å². The van der Waals surface area contributed by atoms with Crippen LogP contribution in [0.4, 0.5) is 13.2 Å². The Kier molecular flexibility index (Phi) is 3.63. The minimum Gasteiger partial charge on any atom is -0.434 e. The minimum absolute atomic E-state index is 0.252. The van der Waals surface area contributed by atoms with Crippen LogP contribution < -0.4 is 5.32 Å². The number of fused-ring (bicyclic) bond motifs is 3. The predicted octanol–water partition coefficient (Wildman–Crippen LogP) is 2.55. The Hall–Kier alpha value is -2.35. The molecule has 5 nitrogen and oxygen atoms in total. The highest BCUT2D eigenvalue weighted by Gasteiger charge is 2.44. The molecule has 23 heavy (non-hydrogen) atoms. The van der Waals surface area contributed by atoms with Crippen molar-refractivity contribution in [2.24, 2.45) is 0 Å². The first-order valence-corrected chi connectivity index (χ1v) is 6.95. The first-order chi connectivity index (χ1) is 10.8. The second-order valence-corrected chi connectivity index (χ2v) is 5.22. The van der Waals surface area contributed by atoms with Crippen LogP contribution in [0.1, 0.15) is 29.2 Å². The molecule has 1 aromatic carbocycles. The Morgan fingerprint density at radius 3 is 2.65 bits per heavy atom. The monoisotopic (exact) mass is 326 g/mol. The minimum atomic E-state index is -5.09. The van der Waals surface area contributed by atoms with E-state index in [0.717, 1.165) is 10.9 Å². The van der Waals surface area contributed by atoms with Crippen LogP contribution in [0, 0.1) is 0 Å². The summed E-state index contributed by atoms with van der Waals surface area (Å²) in [6.07, 6.45) is -5.88. The summed E-state index contributed by atoms with van der Waals surface area (Å²) in [5.74, 6) is -2.65. The van der Waals surface area contributed by atoms with Crippen molar-refractivity contribution >= 4 is 22.8 Å². The van der Waals surface area contributed by atoms with Gasteiger partial charge in [-0.15, -0.1) is 0 Å². The quantitative estimate of drug-likeness (QED) is 0.818. The van der Waals surface area contributed by atoms with E-state index in [2.05, 4.69) is 10.1 Å². The molecule has 2 aromatic rings. The van der Waals surface area contributed by atoms with Crippen molar-refractivity contribution in [1.82, 2.24) is 9.88 Å². The number of rotatable bonds is 1. The Balaban J connectivity index is 2.14. The number of carbonyl (C=O) groups is 2. The summed E-state index contributed by atoms with van der Waals surface area (Å²) in [4.78, 5) is 23.2. The van der Waals surface area contributed by atoms with Gasteiger partial charge >= 0.3 is 12.1 Å². The molecule has 3 rings (SSSR count). The fourth-order valence-electron chi connectivity index (χ4n) is 2.90. The van der Waals surface area contributed by atoms with Crippen molar-refractivity contribution in [2.75, 3.05) is 6.54 Å². The average molecular weight is 326 g/mol. The highest BCUT2D eigenvalue weighted by molar-refractivity contribution is 5.95. The van der Waals surface area contributed by atoms with Gasteiger partial charge in [0.2, 0.25) is 5.91 Å². The van der Waals surface area contributed by atoms with E-state index in [1.165, 1.54) is 11.5 Å². The third-order valence-corrected chi connectivity index (χ3v) is 3.74. The second kappa shape index (κ2) is 5.38. The first-order valence-electron chi connectivity index (χ1n) is 6.95. The van der Waals surface area contributed by atoms with Gasteiger partial charge in [-0.1, -0.05) is 18.2 Å². The molecule has 0 amide bonds. The van der Waals surface area contributed by atoms with E-state index in [-0.39, 0.29) is 11.6 Å². The molecule has 1 N–H and O–H groups in total. The molecule has 0 radical (unpaired) electrons. The van der Waals surface area contributed by atoms with E-state index >= 15 is 0 Å². The maximum Gasteiger partial charge on any atom is 0.490 e. The van der Waals surface area contributed by atoms with Crippen molar-refractivity contribution < 1.29 is 27.5 Å². The highest BCUT2D eigenvalue weighted by Crippen LogP contribution is 2.34. The van der Waals surface area contributed by atoms with E-state index in [1.807, 2.05) is 0 Å². The molecule has 122 valence electrons. The van der Waals surface area contributed by atoms with Crippen LogP contribution in [0.2, 0.25) is 0 Å². The standard InChI is InChI=1S/C15H13F3N2O3/c1-8(21)20-11-5-3-2-4-9(11)10-6-7-19-13(12(10)20)23-14(22)15(16,17)18/h2-5,13,19H,6-7H2,1H3. The number of nitrogens with one attached hydrogen (secondary N) is 1. The molecule has 1 atom stereocenters. The van der Waals surface area contributed by atoms with Crippen LogP contribution in [0.25, 0.3) is 10.9 Å². The number of alkyl halides is 3. The number of nitrogens with zero attached hydrogens (tertiary/aromatic N) is 1. The van der Waals surface area contributed by atoms with Crippen molar-refractivity contribution in [3.63, 3.8) is 0 Å². The van der Waals surface area contributed by atoms with Gasteiger partial charge in [-0.2, -0.15) is 13.2 Å². The third kappa shape index (κ3) is 2.59. The molecule has 0 spiro atoms. The second-order valence-electron chi connectivity index (χ2n) is 5.22. The molecule has 1 unspecified atom stereocenters. The lowest BCUT2D eigenvalue weighted by molar-refractivity contribution is -0.207. The Bertz CT molecular complexity index is 795. The first kappa shape index (κ1) is 15.5. The number of carbonyl (C=O) groups excluding carboxylic acids is 2. The number of aromatic nitrogens is 1. The molecule has 0 saturated carbocycles. The van der Waals surface area contributed by atoms with Crippen LogP contribution in [-0.2, 0) is 16.0 Å². The zero-order chi connectivity index (χ0) is 16.8. The summed E-state index contributed by atoms with van der Waals surface area (Å²) in [6.45, 7) is 1.65. The van der Waals surface area contributed by atoms with Gasteiger partial charge < -0.3 is 4.74 Å². The maximum atomic E-state index is 12.5. The molecular weight excluding hydrogens is 313 g/mol. The van der Waals surface area contributed by atoms with E-state index in [0.29, 0.717) is 18.5 Å². The van der Waals surface area contributed by atoms with Gasteiger partial charge in [0.25, 0.3) is 0 Å². The van der Waals surface area contributed by atoms with Crippen LogP contribution in [0.3, 0.4) is 0 Å². The molecule has 1 aliphatic rings. The molecule has 1 aliphatic heterocycles. The molecular formula is C15H13F3N2O3. The topological polar surface area (TPSA) is 60.3 Å². The molecule has 0 bridgehead atoms. The van der Waals surface area contributed by atoms with E-state index in [1.54, 1.807) is 24.3 Å². The fourth-order valence-corrected chi connectivity index (χ4v) is 2.90. The molecule has 8 heteroatoms. The number of halogens is 3. The van der Waals surface area contributed by atoms with Crippen molar-refractivity contribution in [2.45, 2.75) is 25.7 Å². The van der Waals surface area contributed by atoms with Gasteiger partial charge in [-0.3, -0.25) is 14.7 Å². The van der Waals surface area contributed by atoms with Crippen molar-refractivity contribution in [3.05, 3.63) is 35.5 Å². The predicted molar refractivity (Wildman–Crippen MR) is 74.8 cm³/mol. The molecule has 2 heterocycles. The molecule has 0 fully saturated rings. The van der Waals surface area contributed by atoms with E-state index in [4.69, 9.17) is 0 Å². The summed E-state index contributed by atoms with van der Waals surface area (Å²) in [6, 6.07) is 7.02. The summed E-state index contributed by atoms with van der Waals surface area (Å²) < 4.78 is 43.3. The Morgan fingerprint density at radius 2 is 2.00 bits per heavy atom. The van der Waals surface area contributed by atoms with Gasteiger partial charge in [-0.05, 0) is 18.1 Å². The van der Waals surface area contributed by atoms with Gasteiger partial charge in [0.1, 0.15) is 0 Å². The zero-order valence-corrected chi connectivity index (χ0v) is 12.1. The largest absolute Gasteiger partial charge is 0.490 e. The number of ether oxygens (including phenoxy) is 1. The summed E-state index contributed by atoms with van der Waals surface area (Å²) in [5.41, 5.74) is 1.55. The molecule has 0 aliphatic carbocycles. The van der Waals surface area contributed by atoms with Gasteiger partial charge in [0.05, 0.1) is 11.2 Å². The van der Waals surface area contributed by atoms with Gasteiger partial charge in [0, 0.05) is 18.9 Å². The Labute approximate surface area is 129 Å². The van der Waals surface area contributed by atoms with E-state index in [9.17, 15) is 22.8 Å². The third-order valence-electron chi connectivity index (χ3n) is 3.74. The lowest BCUT2D eigenvalue weighted by Crippen LogP contribution is -2.38. The SMILES string of the molecule is CC(=O)n1c2c(c3ccccc31)CCNC2OC(=O)C(F)(F)F. The molecule has 1 aromatic heterocycles. The lowest BCUT2D eigenvalue weighted by Gasteiger charge is -2.26. The van der Waals surface area contributed by atoms with Gasteiger partial charge in [-0.25, -0.2) is 4.79 Å². The number of hydrogen-bond donors (Lipinski definition) is 1. The zero-order valence-electron chi connectivity index (χ0n) is 12.1. The number of para-hydroxylation sites is 1. The van der Waals surface area contributed by atoms with Crippen molar-refractivity contribution in [1.29, 1.82) is 0 Å². The maximum absolute atomic E-state index is 12.5. The van der Waals surface area contributed by atoms with Crippen LogP contribution in [0.5, 0.6) is 0 Å². The summed E-state index contributed by atoms with van der Waals surface area (Å²) in [5, 5.41) is 3.49. The molecule has 0 saturated heterocycles. The average Bonchev–Trinajstić information content (AvgIpc) is 2.82. The fraction of sp³-hybridized carbons (Fsp3) is 0.333. The summed E-state index contributed by atoms with van der Waals surface area (Å²) >= 11 is 0. The van der Waals surface area contributed by atoms with Crippen LogP contribution in [-0.4, -0.2) is 29.2 Å². The number of esters is 1. The Morgan fingerprint density at radius 1 is 1.30 bits per heavy atom. The summed E-state index contributed by atoms with van der Waals surface area (Å²) in [7, 11) is 0. The smallest absolute Gasteiger partial charge is 0.434 e. The highest BCUT2D eigenvalue weighted by atomic mass is 19.4. The van der Waals surface area contributed by atoms with E-state index < -0.39 is 18.4 Å².